The van der Waals surface area contributed by atoms with Crippen LogP contribution in [0.1, 0.15) is 148 Å². The van der Waals surface area contributed by atoms with Gasteiger partial charge in [0, 0.05) is 5.56 Å². The van der Waals surface area contributed by atoms with E-state index in [1.165, 1.54) is 121 Å². The Hall–Kier alpha value is -0.910. The van der Waals surface area contributed by atoms with Crippen LogP contribution in [0, 0.1) is 0 Å². The van der Waals surface area contributed by atoms with Crippen molar-refractivity contribution < 1.29 is 17.5 Å². The average molecular weight is 555 g/mol. The third-order valence-electron chi connectivity index (χ3n) is 7.33. The van der Waals surface area contributed by atoms with Gasteiger partial charge in [0.25, 0.3) is 10.1 Å². The Kier molecular flexibility index (Phi) is 24.5. The first-order valence-electron chi connectivity index (χ1n) is 16.0. The van der Waals surface area contributed by atoms with Crippen LogP contribution in [0.4, 0.5) is 0 Å². The Morgan fingerprint density at radius 2 is 0.947 bits per heavy atom. The predicted molar refractivity (Wildman–Crippen MR) is 167 cm³/mol. The van der Waals surface area contributed by atoms with Crippen LogP contribution in [0.15, 0.2) is 30.3 Å². The van der Waals surface area contributed by atoms with Gasteiger partial charge < -0.3 is 4.48 Å². The summed E-state index contributed by atoms with van der Waals surface area (Å²) >= 11 is 0. The van der Waals surface area contributed by atoms with Crippen LogP contribution in [0.25, 0.3) is 0 Å². The predicted octanol–water partition coefficient (Wildman–Crippen LogP) is 9.98. The SMILES string of the molecule is CCCCCCCCCCCCS(=O)(=O)O.CCCCCCCCCCCC[N+](C)(C)Cc1ccccc1. The number of hydrogen-bond acceptors (Lipinski definition) is 2. The van der Waals surface area contributed by atoms with E-state index in [2.05, 4.69) is 58.3 Å². The van der Waals surface area contributed by atoms with Crippen molar-refractivity contribution >= 4 is 10.1 Å². The normalized spacial score (nSPS) is 11.8. The number of benzene rings is 1. The molecule has 0 amide bonds. The van der Waals surface area contributed by atoms with Gasteiger partial charge in [-0.2, -0.15) is 8.42 Å². The fraction of sp³-hybridized carbons (Fsp3) is 0.818. The van der Waals surface area contributed by atoms with Crippen LogP contribution in [0.2, 0.25) is 0 Å². The van der Waals surface area contributed by atoms with Crippen LogP contribution in [-0.2, 0) is 16.7 Å². The lowest BCUT2D eigenvalue weighted by molar-refractivity contribution is -0.903. The maximum atomic E-state index is 10.4. The van der Waals surface area contributed by atoms with Gasteiger partial charge in [-0.1, -0.05) is 153 Å². The monoisotopic (exact) mass is 554 g/mol. The minimum absolute atomic E-state index is 0.0799. The van der Waals surface area contributed by atoms with E-state index >= 15 is 0 Å². The van der Waals surface area contributed by atoms with Crippen molar-refractivity contribution in [2.45, 2.75) is 149 Å². The van der Waals surface area contributed by atoms with Crippen molar-refractivity contribution in [3.63, 3.8) is 0 Å². The number of hydrogen-bond donors (Lipinski definition) is 1. The van der Waals surface area contributed by atoms with Gasteiger partial charge >= 0.3 is 0 Å². The lowest BCUT2D eigenvalue weighted by Gasteiger charge is -2.30. The van der Waals surface area contributed by atoms with Crippen LogP contribution in [0.5, 0.6) is 0 Å². The summed E-state index contributed by atoms with van der Waals surface area (Å²) in [6.07, 6.45) is 25.9. The first-order chi connectivity index (χ1) is 18.2. The summed E-state index contributed by atoms with van der Waals surface area (Å²) in [6, 6.07) is 10.9. The van der Waals surface area contributed by atoms with E-state index in [-0.39, 0.29) is 5.75 Å². The largest absolute Gasteiger partial charge is 0.325 e. The molecule has 0 aliphatic carbocycles. The summed E-state index contributed by atoms with van der Waals surface area (Å²) in [5, 5.41) is 0. The summed E-state index contributed by atoms with van der Waals surface area (Å²) in [4.78, 5) is 0. The van der Waals surface area contributed by atoms with Crippen molar-refractivity contribution in [3.05, 3.63) is 35.9 Å². The van der Waals surface area contributed by atoms with Gasteiger partial charge in [-0.3, -0.25) is 4.55 Å². The molecule has 4 nitrogen and oxygen atoms in total. The molecule has 0 saturated heterocycles. The Balaban J connectivity index is 0.000000761. The molecule has 0 aromatic heterocycles. The minimum atomic E-state index is -3.73. The quantitative estimate of drug-likeness (QED) is 0.0785. The standard InChI is InChI=1S/C21H38N.C12H26O3S/c1-4-5-6-7-8-9-10-11-12-16-19-22(2,3)20-21-17-14-13-15-18-21;1-2-3-4-5-6-7-8-9-10-11-12-16(13,14)15/h13-15,17-18H,4-12,16,19-20H2,1-3H3;2-12H2,1H3,(H,13,14,15)/q+1;. The van der Waals surface area contributed by atoms with Crippen molar-refractivity contribution in [1.82, 2.24) is 0 Å². The molecule has 0 bridgehead atoms. The van der Waals surface area contributed by atoms with Gasteiger partial charge in [-0.05, 0) is 19.3 Å². The van der Waals surface area contributed by atoms with Crippen molar-refractivity contribution in [2.75, 3.05) is 26.4 Å². The first kappa shape index (κ1) is 37.1. The highest BCUT2D eigenvalue weighted by molar-refractivity contribution is 7.85. The molecule has 0 saturated carbocycles. The third-order valence-corrected chi connectivity index (χ3v) is 8.13. The molecular formula is C33H64NO3S+. The van der Waals surface area contributed by atoms with E-state index in [4.69, 9.17) is 4.55 Å². The van der Waals surface area contributed by atoms with Crippen LogP contribution in [-0.4, -0.2) is 43.8 Å². The van der Waals surface area contributed by atoms with Crippen molar-refractivity contribution in [1.29, 1.82) is 0 Å². The maximum absolute atomic E-state index is 10.4. The van der Waals surface area contributed by atoms with E-state index in [9.17, 15) is 8.42 Å². The van der Waals surface area contributed by atoms with Crippen LogP contribution < -0.4 is 0 Å². The molecule has 1 N–H and O–H groups in total. The van der Waals surface area contributed by atoms with Gasteiger partial charge in [0.2, 0.25) is 0 Å². The van der Waals surface area contributed by atoms with Gasteiger partial charge in [-0.25, -0.2) is 0 Å². The minimum Gasteiger partial charge on any atom is -0.325 e. The topological polar surface area (TPSA) is 54.4 Å². The lowest BCUT2D eigenvalue weighted by Crippen LogP contribution is -2.39. The van der Waals surface area contributed by atoms with E-state index in [1.807, 2.05) is 0 Å². The van der Waals surface area contributed by atoms with Crippen LogP contribution in [0.3, 0.4) is 0 Å². The van der Waals surface area contributed by atoms with Crippen molar-refractivity contribution in [3.8, 4) is 0 Å². The second kappa shape index (κ2) is 25.1. The first-order valence-corrected chi connectivity index (χ1v) is 17.6. The molecule has 0 aliphatic heterocycles. The highest BCUT2D eigenvalue weighted by Crippen LogP contribution is 2.14. The van der Waals surface area contributed by atoms with E-state index in [0.717, 1.165) is 23.9 Å². The molecule has 0 heterocycles. The molecule has 0 aliphatic rings. The average Bonchev–Trinajstić information content (AvgIpc) is 2.86. The van der Waals surface area contributed by atoms with E-state index < -0.39 is 10.1 Å². The van der Waals surface area contributed by atoms with Crippen LogP contribution >= 0.6 is 0 Å². The number of quaternary nitrogens is 1. The fourth-order valence-electron chi connectivity index (χ4n) is 4.96. The zero-order valence-electron chi connectivity index (χ0n) is 25.8. The second-order valence-corrected chi connectivity index (χ2v) is 13.5. The molecule has 5 heteroatoms. The number of nitrogens with zero attached hydrogens (tertiary/aromatic N) is 1. The molecule has 0 atom stereocenters. The van der Waals surface area contributed by atoms with Gasteiger partial charge in [0.15, 0.2) is 0 Å². The van der Waals surface area contributed by atoms with E-state index in [1.54, 1.807) is 0 Å². The third kappa shape index (κ3) is 28.1. The zero-order valence-corrected chi connectivity index (χ0v) is 26.6. The van der Waals surface area contributed by atoms with E-state index in [0.29, 0.717) is 6.42 Å². The maximum Gasteiger partial charge on any atom is 0.264 e. The molecule has 38 heavy (non-hydrogen) atoms. The smallest absolute Gasteiger partial charge is 0.264 e. The summed E-state index contributed by atoms with van der Waals surface area (Å²) in [5.74, 6) is -0.0799. The summed E-state index contributed by atoms with van der Waals surface area (Å²) in [5.41, 5.74) is 1.46. The molecule has 1 rings (SSSR count). The Morgan fingerprint density at radius 3 is 1.34 bits per heavy atom. The molecule has 0 unspecified atom stereocenters. The molecule has 1 aromatic carbocycles. The highest BCUT2D eigenvalue weighted by Gasteiger charge is 2.14. The Morgan fingerprint density at radius 1 is 0.579 bits per heavy atom. The summed E-state index contributed by atoms with van der Waals surface area (Å²) in [7, 11) is 0.992. The zero-order chi connectivity index (χ0) is 28.4. The summed E-state index contributed by atoms with van der Waals surface area (Å²) in [6.45, 7) is 6.96. The second-order valence-electron chi connectivity index (χ2n) is 12.0. The number of unbranched alkanes of at least 4 members (excludes halogenated alkanes) is 18. The Bertz CT molecular complexity index is 719. The Labute approximate surface area is 238 Å². The molecule has 0 fully saturated rings. The van der Waals surface area contributed by atoms with Gasteiger partial charge in [0.1, 0.15) is 6.54 Å². The van der Waals surface area contributed by atoms with Gasteiger partial charge in [0.05, 0.1) is 26.4 Å². The lowest BCUT2D eigenvalue weighted by atomic mass is 10.1. The van der Waals surface area contributed by atoms with Gasteiger partial charge in [-0.15, -0.1) is 0 Å². The fourth-order valence-corrected chi connectivity index (χ4v) is 5.52. The summed E-state index contributed by atoms with van der Waals surface area (Å²) < 4.78 is 30.5. The molecule has 1 aromatic rings. The molecular weight excluding hydrogens is 490 g/mol. The molecule has 224 valence electrons. The van der Waals surface area contributed by atoms with Crippen molar-refractivity contribution in [2.24, 2.45) is 0 Å². The molecule has 0 spiro atoms. The molecule has 0 radical (unpaired) electrons. The highest BCUT2D eigenvalue weighted by atomic mass is 32.2. The number of rotatable bonds is 24.